The van der Waals surface area contributed by atoms with Gasteiger partial charge in [0.05, 0.1) is 5.56 Å². The van der Waals surface area contributed by atoms with Crippen molar-refractivity contribution >= 4 is 0 Å². The number of rotatable bonds is 5. The van der Waals surface area contributed by atoms with Crippen molar-refractivity contribution in [2.75, 3.05) is 13.2 Å². The maximum absolute atomic E-state index is 8.62. The summed E-state index contributed by atoms with van der Waals surface area (Å²) in [6, 6.07) is 14.9. The van der Waals surface area contributed by atoms with Crippen LogP contribution >= 0.6 is 0 Å². The van der Waals surface area contributed by atoms with Gasteiger partial charge < -0.3 is 9.47 Å². The number of pyridine rings is 1. The van der Waals surface area contributed by atoms with Crippen molar-refractivity contribution in [1.29, 1.82) is 5.26 Å². The molecular formula is C14H12N2O2. The average Bonchev–Trinajstić information content (AvgIpc) is 2.45. The number of nitrogens with zero attached hydrogens (tertiary/aromatic N) is 2. The van der Waals surface area contributed by atoms with Crippen LogP contribution in [-0.4, -0.2) is 18.2 Å². The van der Waals surface area contributed by atoms with Gasteiger partial charge in [0.25, 0.3) is 0 Å². The Balaban J connectivity index is 1.74. The summed E-state index contributed by atoms with van der Waals surface area (Å²) in [5.74, 6) is 1.31. The third kappa shape index (κ3) is 3.49. The van der Waals surface area contributed by atoms with Crippen LogP contribution < -0.4 is 9.47 Å². The number of hydrogen-bond acceptors (Lipinski definition) is 4. The number of para-hydroxylation sites is 1. The number of hydrogen-bond donors (Lipinski definition) is 0. The van der Waals surface area contributed by atoms with Crippen molar-refractivity contribution in [1.82, 2.24) is 4.98 Å². The van der Waals surface area contributed by atoms with Crippen molar-refractivity contribution in [3.63, 3.8) is 0 Å². The van der Waals surface area contributed by atoms with Gasteiger partial charge in [0.2, 0.25) is 5.88 Å². The lowest BCUT2D eigenvalue weighted by Gasteiger charge is -2.07. The number of ether oxygens (including phenoxy) is 2. The maximum atomic E-state index is 8.62. The van der Waals surface area contributed by atoms with Crippen LogP contribution in [0.1, 0.15) is 5.56 Å². The fraction of sp³-hybridized carbons (Fsp3) is 0.143. The minimum absolute atomic E-state index is 0.411. The van der Waals surface area contributed by atoms with Gasteiger partial charge in [-0.2, -0.15) is 5.26 Å². The Labute approximate surface area is 105 Å². The molecule has 0 radical (unpaired) electrons. The summed E-state index contributed by atoms with van der Waals surface area (Å²) < 4.78 is 10.8. The van der Waals surface area contributed by atoms with Gasteiger partial charge in [0.15, 0.2) is 0 Å². The van der Waals surface area contributed by atoms with Gasteiger partial charge in [0, 0.05) is 12.3 Å². The molecule has 0 spiro atoms. The highest BCUT2D eigenvalue weighted by Gasteiger charge is 1.97. The zero-order valence-corrected chi connectivity index (χ0v) is 9.74. The first kappa shape index (κ1) is 11.9. The molecule has 18 heavy (non-hydrogen) atoms. The van der Waals surface area contributed by atoms with Crippen LogP contribution in [0.2, 0.25) is 0 Å². The Morgan fingerprint density at radius 2 is 1.78 bits per heavy atom. The zero-order valence-electron chi connectivity index (χ0n) is 9.74. The van der Waals surface area contributed by atoms with E-state index in [4.69, 9.17) is 14.7 Å². The monoisotopic (exact) mass is 240 g/mol. The second-order valence-corrected chi connectivity index (χ2v) is 3.51. The molecule has 0 unspecified atom stereocenters. The molecule has 2 rings (SSSR count). The predicted octanol–water partition coefficient (Wildman–Crippen LogP) is 2.41. The van der Waals surface area contributed by atoms with E-state index >= 15 is 0 Å². The maximum Gasteiger partial charge on any atom is 0.213 e. The zero-order chi connectivity index (χ0) is 12.6. The fourth-order valence-electron chi connectivity index (χ4n) is 1.35. The Morgan fingerprint density at radius 1 is 1.00 bits per heavy atom. The normalized spacial score (nSPS) is 9.50. The molecule has 1 heterocycles. The van der Waals surface area contributed by atoms with E-state index in [1.807, 2.05) is 36.4 Å². The molecule has 2 aromatic rings. The van der Waals surface area contributed by atoms with Gasteiger partial charge in [0.1, 0.15) is 25.0 Å². The minimum Gasteiger partial charge on any atom is -0.490 e. The van der Waals surface area contributed by atoms with Gasteiger partial charge in [-0.15, -0.1) is 0 Å². The van der Waals surface area contributed by atoms with E-state index in [1.165, 1.54) is 6.20 Å². The van der Waals surface area contributed by atoms with Gasteiger partial charge in [-0.1, -0.05) is 18.2 Å². The number of aromatic nitrogens is 1. The molecule has 4 heteroatoms. The quantitative estimate of drug-likeness (QED) is 0.753. The van der Waals surface area contributed by atoms with E-state index in [0.29, 0.717) is 24.7 Å². The predicted molar refractivity (Wildman–Crippen MR) is 66.4 cm³/mol. The largest absolute Gasteiger partial charge is 0.490 e. The molecular weight excluding hydrogens is 228 g/mol. The van der Waals surface area contributed by atoms with Gasteiger partial charge >= 0.3 is 0 Å². The summed E-state index contributed by atoms with van der Waals surface area (Å²) in [4.78, 5) is 3.99. The molecule has 0 amide bonds. The van der Waals surface area contributed by atoms with E-state index < -0.39 is 0 Å². The van der Waals surface area contributed by atoms with E-state index in [0.717, 1.165) is 5.75 Å². The fourth-order valence-corrected chi connectivity index (χ4v) is 1.35. The van der Waals surface area contributed by atoms with Crippen LogP contribution in [-0.2, 0) is 0 Å². The summed E-state index contributed by atoms with van der Waals surface area (Å²) in [5.41, 5.74) is 0.517. The van der Waals surface area contributed by atoms with Crippen molar-refractivity contribution in [2.45, 2.75) is 0 Å². The standard InChI is InChI=1S/C14H12N2O2/c15-10-12-6-7-14(16-11-12)18-9-8-17-13-4-2-1-3-5-13/h1-7,11H,8-9H2. The first-order valence-corrected chi connectivity index (χ1v) is 5.55. The van der Waals surface area contributed by atoms with Crippen LogP contribution in [0.5, 0.6) is 11.6 Å². The summed E-state index contributed by atoms with van der Waals surface area (Å²) in [6.45, 7) is 0.861. The highest BCUT2D eigenvalue weighted by atomic mass is 16.5. The Morgan fingerprint density at radius 3 is 2.44 bits per heavy atom. The van der Waals surface area contributed by atoms with Crippen molar-refractivity contribution in [3.8, 4) is 17.7 Å². The molecule has 1 aromatic carbocycles. The second kappa shape index (κ2) is 6.26. The lowest BCUT2D eigenvalue weighted by atomic mass is 10.3. The summed E-state index contributed by atoms with van der Waals surface area (Å²) in [6.07, 6.45) is 1.48. The van der Waals surface area contributed by atoms with Crippen LogP contribution in [0, 0.1) is 11.3 Å². The molecule has 0 atom stereocenters. The summed E-state index contributed by atoms with van der Waals surface area (Å²) in [5, 5.41) is 8.62. The molecule has 0 N–H and O–H groups in total. The first-order valence-electron chi connectivity index (χ1n) is 5.55. The van der Waals surface area contributed by atoms with Crippen molar-refractivity contribution in [3.05, 3.63) is 54.2 Å². The molecule has 0 bridgehead atoms. The first-order chi connectivity index (χ1) is 8.88. The molecule has 1 aromatic heterocycles. The molecule has 4 nitrogen and oxygen atoms in total. The van der Waals surface area contributed by atoms with E-state index in [-0.39, 0.29) is 0 Å². The van der Waals surface area contributed by atoms with Crippen LogP contribution in [0.15, 0.2) is 48.7 Å². The summed E-state index contributed by atoms with van der Waals surface area (Å²) in [7, 11) is 0. The smallest absolute Gasteiger partial charge is 0.213 e. The molecule has 90 valence electrons. The molecule has 0 fully saturated rings. The Hall–Kier alpha value is -2.54. The minimum atomic E-state index is 0.411. The Bertz CT molecular complexity index is 518. The molecule has 0 saturated heterocycles. The van der Waals surface area contributed by atoms with Crippen LogP contribution in [0.4, 0.5) is 0 Å². The SMILES string of the molecule is N#Cc1ccc(OCCOc2ccccc2)nc1. The highest BCUT2D eigenvalue weighted by Crippen LogP contribution is 2.09. The summed E-state index contributed by atoms with van der Waals surface area (Å²) >= 11 is 0. The number of nitriles is 1. The molecule has 0 saturated carbocycles. The van der Waals surface area contributed by atoms with E-state index in [1.54, 1.807) is 12.1 Å². The van der Waals surface area contributed by atoms with Crippen molar-refractivity contribution in [2.24, 2.45) is 0 Å². The van der Waals surface area contributed by atoms with Gasteiger partial charge in [-0.05, 0) is 18.2 Å². The van der Waals surface area contributed by atoms with Crippen LogP contribution in [0.3, 0.4) is 0 Å². The highest BCUT2D eigenvalue weighted by molar-refractivity contribution is 5.28. The lowest BCUT2D eigenvalue weighted by molar-refractivity contribution is 0.212. The third-order valence-corrected chi connectivity index (χ3v) is 2.21. The van der Waals surface area contributed by atoms with E-state index in [9.17, 15) is 0 Å². The van der Waals surface area contributed by atoms with Gasteiger partial charge in [-0.25, -0.2) is 4.98 Å². The van der Waals surface area contributed by atoms with Crippen molar-refractivity contribution < 1.29 is 9.47 Å². The average molecular weight is 240 g/mol. The van der Waals surface area contributed by atoms with Gasteiger partial charge in [-0.3, -0.25) is 0 Å². The Kier molecular flexibility index (Phi) is 4.15. The third-order valence-electron chi connectivity index (χ3n) is 2.21. The number of benzene rings is 1. The second-order valence-electron chi connectivity index (χ2n) is 3.51. The lowest BCUT2D eigenvalue weighted by Crippen LogP contribution is -2.09. The molecule has 0 aliphatic heterocycles. The van der Waals surface area contributed by atoms with E-state index in [2.05, 4.69) is 4.98 Å². The molecule has 0 aliphatic rings. The topological polar surface area (TPSA) is 55.1 Å². The van der Waals surface area contributed by atoms with Crippen LogP contribution in [0.25, 0.3) is 0 Å². The molecule has 0 aliphatic carbocycles.